The SMILES string of the molecule is CCNC(Cc1cc(Br)ccc1F)c1ccoc1Br. The molecule has 2 aromatic rings. The van der Waals surface area contributed by atoms with E-state index in [2.05, 4.69) is 37.2 Å². The van der Waals surface area contributed by atoms with Crippen LogP contribution in [0.2, 0.25) is 0 Å². The lowest BCUT2D eigenvalue weighted by molar-refractivity contribution is 0.498. The second-order valence-corrected chi connectivity index (χ2v) is 5.84. The third-order valence-electron chi connectivity index (χ3n) is 2.90. The highest BCUT2D eigenvalue weighted by Gasteiger charge is 2.18. The van der Waals surface area contributed by atoms with E-state index in [0.717, 1.165) is 16.6 Å². The monoisotopic (exact) mass is 389 g/mol. The highest BCUT2D eigenvalue weighted by atomic mass is 79.9. The number of hydrogen-bond donors (Lipinski definition) is 1. The van der Waals surface area contributed by atoms with E-state index in [1.807, 2.05) is 19.1 Å². The van der Waals surface area contributed by atoms with Crippen LogP contribution >= 0.6 is 31.9 Å². The zero-order valence-corrected chi connectivity index (χ0v) is 13.6. The van der Waals surface area contributed by atoms with E-state index in [4.69, 9.17) is 4.42 Å². The molecule has 1 aromatic carbocycles. The molecule has 5 heteroatoms. The van der Waals surface area contributed by atoms with Gasteiger partial charge in [0.15, 0.2) is 4.67 Å². The molecule has 0 aliphatic rings. The zero-order chi connectivity index (χ0) is 13.8. The summed E-state index contributed by atoms with van der Waals surface area (Å²) in [5.74, 6) is -0.189. The van der Waals surface area contributed by atoms with Crippen molar-refractivity contribution in [3.05, 3.63) is 56.6 Å². The number of furan rings is 1. The van der Waals surface area contributed by atoms with Gasteiger partial charge in [-0.25, -0.2) is 4.39 Å². The average molecular weight is 391 g/mol. The van der Waals surface area contributed by atoms with Gasteiger partial charge in [-0.1, -0.05) is 22.9 Å². The number of hydrogen-bond acceptors (Lipinski definition) is 2. The average Bonchev–Trinajstić information content (AvgIpc) is 2.79. The fraction of sp³-hybridized carbons (Fsp3) is 0.286. The van der Waals surface area contributed by atoms with Crippen molar-refractivity contribution >= 4 is 31.9 Å². The van der Waals surface area contributed by atoms with Crippen LogP contribution in [0.4, 0.5) is 4.39 Å². The number of rotatable bonds is 5. The standard InChI is InChI=1S/C14H14Br2FNO/c1-2-18-13(11-5-6-19-14(11)16)8-9-7-10(15)3-4-12(9)17/h3-7,13,18H,2,8H2,1H3. The number of halogens is 3. The van der Waals surface area contributed by atoms with E-state index in [-0.39, 0.29) is 11.9 Å². The summed E-state index contributed by atoms with van der Waals surface area (Å²) in [6, 6.07) is 6.91. The van der Waals surface area contributed by atoms with Crippen LogP contribution < -0.4 is 5.32 Å². The van der Waals surface area contributed by atoms with Crippen molar-refractivity contribution in [1.29, 1.82) is 0 Å². The zero-order valence-electron chi connectivity index (χ0n) is 10.4. The molecule has 1 heterocycles. The van der Waals surface area contributed by atoms with E-state index >= 15 is 0 Å². The predicted octanol–water partition coefficient (Wildman–Crippen LogP) is 4.84. The molecule has 102 valence electrons. The molecule has 0 bridgehead atoms. The van der Waals surface area contributed by atoms with Gasteiger partial charge < -0.3 is 9.73 Å². The van der Waals surface area contributed by atoms with E-state index in [0.29, 0.717) is 16.7 Å². The first-order chi connectivity index (χ1) is 9.11. The lowest BCUT2D eigenvalue weighted by atomic mass is 10.0. The van der Waals surface area contributed by atoms with Gasteiger partial charge in [0.2, 0.25) is 0 Å². The van der Waals surface area contributed by atoms with E-state index in [1.54, 1.807) is 12.3 Å². The summed E-state index contributed by atoms with van der Waals surface area (Å²) in [5.41, 5.74) is 1.68. The van der Waals surface area contributed by atoms with Crippen LogP contribution in [0.25, 0.3) is 0 Å². The first-order valence-electron chi connectivity index (χ1n) is 6.02. The summed E-state index contributed by atoms with van der Waals surface area (Å²) in [7, 11) is 0. The topological polar surface area (TPSA) is 25.2 Å². The van der Waals surface area contributed by atoms with Gasteiger partial charge in [0.1, 0.15) is 5.82 Å². The Morgan fingerprint density at radius 1 is 1.32 bits per heavy atom. The molecule has 0 saturated carbocycles. The third-order valence-corrected chi connectivity index (χ3v) is 4.04. The van der Waals surface area contributed by atoms with Crippen molar-refractivity contribution in [1.82, 2.24) is 5.32 Å². The molecular weight excluding hydrogens is 377 g/mol. The van der Waals surface area contributed by atoms with Crippen LogP contribution in [-0.2, 0) is 6.42 Å². The Hall–Kier alpha value is -0.650. The molecule has 1 unspecified atom stereocenters. The lowest BCUT2D eigenvalue weighted by Gasteiger charge is -2.17. The van der Waals surface area contributed by atoms with Gasteiger partial charge in [-0.3, -0.25) is 0 Å². The summed E-state index contributed by atoms with van der Waals surface area (Å²) >= 11 is 6.75. The third kappa shape index (κ3) is 3.68. The van der Waals surface area contributed by atoms with Crippen LogP contribution in [0.1, 0.15) is 24.1 Å². The van der Waals surface area contributed by atoms with Crippen molar-refractivity contribution in [3.8, 4) is 0 Å². The summed E-state index contributed by atoms with van der Waals surface area (Å²) in [5, 5.41) is 3.35. The number of nitrogens with one attached hydrogen (secondary N) is 1. The Labute approximate surface area is 128 Å². The maximum atomic E-state index is 13.8. The Kier molecular flexibility index (Phi) is 5.19. The Morgan fingerprint density at radius 2 is 2.11 bits per heavy atom. The molecule has 0 saturated heterocycles. The fourth-order valence-electron chi connectivity index (χ4n) is 2.01. The number of benzene rings is 1. The second-order valence-electron chi connectivity index (χ2n) is 4.20. The quantitative estimate of drug-likeness (QED) is 0.790. The minimum absolute atomic E-state index is 0.0157. The smallest absolute Gasteiger partial charge is 0.173 e. The first-order valence-corrected chi connectivity index (χ1v) is 7.60. The fourth-order valence-corrected chi connectivity index (χ4v) is 2.94. The van der Waals surface area contributed by atoms with Gasteiger partial charge >= 0.3 is 0 Å². The minimum Gasteiger partial charge on any atom is -0.457 e. The van der Waals surface area contributed by atoms with Gasteiger partial charge in [0.05, 0.1) is 6.26 Å². The maximum absolute atomic E-state index is 13.8. The van der Waals surface area contributed by atoms with Gasteiger partial charge in [-0.2, -0.15) is 0 Å². The van der Waals surface area contributed by atoms with Gasteiger partial charge in [0, 0.05) is 16.1 Å². The molecule has 1 atom stereocenters. The first kappa shape index (κ1) is 14.8. The van der Waals surface area contributed by atoms with Crippen molar-refractivity contribution in [2.24, 2.45) is 0 Å². The second kappa shape index (κ2) is 6.68. The summed E-state index contributed by atoms with van der Waals surface area (Å²) in [6.45, 7) is 2.83. The molecule has 2 nitrogen and oxygen atoms in total. The van der Waals surface area contributed by atoms with E-state index < -0.39 is 0 Å². The van der Waals surface area contributed by atoms with E-state index in [1.165, 1.54) is 6.07 Å². The lowest BCUT2D eigenvalue weighted by Crippen LogP contribution is -2.23. The Morgan fingerprint density at radius 3 is 2.74 bits per heavy atom. The van der Waals surface area contributed by atoms with Crippen LogP contribution in [0.5, 0.6) is 0 Å². The summed E-state index contributed by atoms with van der Waals surface area (Å²) in [6.07, 6.45) is 2.19. The van der Waals surface area contributed by atoms with Crippen LogP contribution in [0.15, 0.2) is 44.1 Å². The van der Waals surface area contributed by atoms with Gasteiger partial charge in [-0.05, 0) is 58.7 Å². The largest absolute Gasteiger partial charge is 0.457 e. The normalized spacial score (nSPS) is 12.6. The van der Waals surface area contributed by atoms with Crippen LogP contribution in [-0.4, -0.2) is 6.54 Å². The molecular formula is C14H14Br2FNO. The van der Waals surface area contributed by atoms with Crippen molar-refractivity contribution in [3.63, 3.8) is 0 Å². The van der Waals surface area contributed by atoms with E-state index in [9.17, 15) is 4.39 Å². The molecule has 1 N–H and O–H groups in total. The Balaban J connectivity index is 2.26. The molecule has 19 heavy (non-hydrogen) atoms. The molecule has 0 fully saturated rings. The van der Waals surface area contributed by atoms with Gasteiger partial charge in [0.25, 0.3) is 0 Å². The van der Waals surface area contributed by atoms with Gasteiger partial charge in [-0.15, -0.1) is 0 Å². The minimum atomic E-state index is -0.189. The molecule has 1 aromatic heterocycles. The highest BCUT2D eigenvalue weighted by molar-refractivity contribution is 9.10. The molecule has 0 radical (unpaired) electrons. The predicted molar refractivity (Wildman–Crippen MR) is 80.6 cm³/mol. The summed E-state index contributed by atoms with van der Waals surface area (Å²) < 4.78 is 20.7. The number of likely N-dealkylation sites (N-methyl/N-ethyl adjacent to an activating group) is 1. The molecule has 0 aliphatic carbocycles. The van der Waals surface area contributed by atoms with Crippen molar-refractivity contribution < 1.29 is 8.81 Å². The van der Waals surface area contributed by atoms with Crippen LogP contribution in [0.3, 0.4) is 0 Å². The molecule has 0 amide bonds. The maximum Gasteiger partial charge on any atom is 0.173 e. The summed E-state index contributed by atoms with van der Waals surface area (Å²) in [4.78, 5) is 0. The van der Waals surface area contributed by atoms with Crippen molar-refractivity contribution in [2.75, 3.05) is 6.54 Å². The molecule has 0 spiro atoms. The highest BCUT2D eigenvalue weighted by Crippen LogP contribution is 2.28. The Bertz CT molecular complexity index is 556. The molecule has 2 rings (SSSR count). The van der Waals surface area contributed by atoms with Crippen LogP contribution in [0, 0.1) is 5.82 Å². The molecule has 0 aliphatic heterocycles. The van der Waals surface area contributed by atoms with Crippen molar-refractivity contribution in [2.45, 2.75) is 19.4 Å².